The molecule has 1 fully saturated rings. The number of methoxy groups -OCH3 is 1. The number of hydrogen-bond donors (Lipinski definition) is 1. The first-order valence-electron chi connectivity index (χ1n) is 7.66. The third-order valence-electron chi connectivity index (χ3n) is 3.81. The van der Waals surface area contributed by atoms with Gasteiger partial charge in [-0.1, -0.05) is 0 Å². The van der Waals surface area contributed by atoms with Gasteiger partial charge in [0.05, 0.1) is 25.5 Å². The second-order valence-electron chi connectivity index (χ2n) is 5.79. The first-order chi connectivity index (χ1) is 10.5. The predicted molar refractivity (Wildman–Crippen MR) is 85.1 cm³/mol. The van der Waals surface area contributed by atoms with E-state index in [1.165, 1.54) is 0 Å². The summed E-state index contributed by atoms with van der Waals surface area (Å²) in [7, 11) is 1.60. The standard InChI is InChI=1S/C15H25N5O2/c1-11(2)18-14(21)12(3)19-5-7-20(8-6-19)15-16-9-13(22-4)10-17-15/h9-12H,5-8H2,1-4H3,(H,18,21). The van der Waals surface area contributed by atoms with Crippen LogP contribution in [0.2, 0.25) is 0 Å². The molecule has 1 aromatic heterocycles. The van der Waals surface area contributed by atoms with E-state index in [1.807, 2.05) is 20.8 Å². The number of anilines is 1. The van der Waals surface area contributed by atoms with Crippen molar-refractivity contribution in [3.8, 4) is 5.75 Å². The first-order valence-corrected chi connectivity index (χ1v) is 7.66. The molecule has 0 aromatic carbocycles. The Labute approximate surface area is 131 Å². The largest absolute Gasteiger partial charge is 0.494 e. The molecule has 1 saturated heterocycles. The Morgan fingerprint density at radius 3 is 2.27 bits per heavy atom. The number of carbonyl (C=O) groups is 1. The Kier molecular flexibility index (Phi) is 5.54. The van der Waals surface area contributed by atoms with Crippen molar-refractivity contribution in [2.45, 2.75) is 32.9 Å². The normalized spacial score (nSPS) is 17.4. The van der Waals surface area contributed by atoms with Crippen molar-refractivity contribution < 1.29 is 9.53 Å². The molecule has 1 unspecified atom stereocenters. The van der Waals surface area contributed by atoms with Crippen LogP contribution in [0.15, 0.2) is 12.4 Å². The molecule has 1 aliphatic heterocycles. The summed E-state index contributed by atoms with van der Waals surface area (Å²) in [4.78, 5) is 25.0. The first kappa shape index (κ1) is 16.5. The Morgan fingerprint density at radius 2 is 1.77 bits per heavy atom. The van der Waals surface area contributed by atoms with Crippen LogP contribution < -0.4 is 15.0 Å². The lowest BCUT2D eigenvalue weighted by Gasteiger charge is -2.37. The van der Waals surface area contributed by atoms with Crippen LogP contribution in [0.1, 0.15) is 20.8 Å². The molecule has 1 amide bonds. The molecule has 1 N–H and O–H groups in total. The highest BCUT2D eigenvalue weighted by atomic mass is 16.5. The van der Waals surface area contributed by atoms with Crippen LogP contribution in [0, 0.1) is 0 Å². The van der Waals surface area contributed by atoms with Crippen molar-refractivity contribution in [1.82, 2.24) is 20.2 Å². The Bertz CT molecular complexity index is 483. The van der Waals surface area contributed by atoms with Gasteiger partial charge in [-0.25, -0.2) is 9.97 Å². The van der Waals surface area contributed by atoms with Crippen LogP contribution in [0.4, 0.5) is 5.95 Å². The summed E-state index contributed by atoms with van der Waals surface area (Å²) < 4.78 is 5.07. The second kappa shape index (κ2) is 7.40. The van der Waals surface area contributed by atoms with Gasteiger partial charge in [0.1, 0.15) is 0 Å². The Balaban J connectivity index is 1.88. The van der Waals surface area contributed by atoms with Crippen molar-refractivity contribution in [3.05, 3.63) is 12.4 Å². The highest BCUT2D eigenvalue weighted by molar-refractivity contribution is 5.81. The quantitative estimate of drug-likeness (QED) is 0.855. The summed E-state index contributed by atoms with van der Waals surface area (Å²) in [6.07, 6.45) is 3.35. The van der Waals surface area contributed by atoms with E-state index in [9.17, 15) is 4.79 Å². The minimum absolute atomic E-state index is 0.0872. The summed E-state index contributed by atoms with van der Waals surface area (Å²) in [5.41, 5.74) is 0. The van der Waals surface area contributed by atoms with Gasteiger partial charge in [0.2, 0.25) is 11.9 Å². The van der Waals surface area contributed by atoms with Gasteiger partial charge in [0, 0.05) is 32.2 Å². The van der Waals surface area contributed by atoms with E-state index in [0.29, 0.717) is 11.7 Å². The fourth-order valence-corrected chi connectivity index (χ4v) is 2.46. The van der Waals surface area contributed by atoms with Gasteiger partial charge in [0.25, 0.3) is 0 Å². The number of rotatable bonds is 5. The summed E-state index contributed by atoms with van der Waals surface area (Å²) >= 11 is 0. The topological polar surface area (TPSA) is 70.6 Å². The van der Waals surface area contributed by atoms with E-state index in [1.54, 1.807) is 19.5 Å². The van der Waals surface area contributed by atoms with Crippen molar-refractivity contribution in [3.63, 3.8) is 0 Å². The Morgan fingerprint density at radius 1 is 1.18 bits per heavy atom. The lowest BCUT2D eigenvalue weighted by molar-refractivity contribution is -0.126. The van der Waals surface area contributed by atoms with Gasteiger partial charge < -0.3 is 15.0 Å². The van der Waals surface area contributed by atoms with Gasteiger partial charge in [-0.15, -0.1) is 0 Å². The molecule has 7 nitrogen and oxygen atoms in total. The van der Waals surface area contributed by atoms with Crippen molar-refractivity contribution in [2.75, 3.05) is 38.2 Å². The molecule has 7 heteroatoms. The zero-order valence-corrected chi connectivity index (χ0v) is 13.7. The van der Waals surface area contributed by atoms with Crippen molar-refractivity contribution >= 4 is 11.9 Å². The van der Waals surface area contributed by atoms with Crippen LogP contribution in [0.25, 0.3) is 0 Å². The summed E-state index contributed by atoms with van der Waals surface area (Å²) in [6, 6.07) is 0.0604. The summed E-state index contributed by atoms with van der Waals surface area (Å²) in [5.74, 6) is 1.45. The second-order valence-corrected chi connectivity index (χ2v) is 5.79. The number of nitrogens with zero attached hydrogens (tertiary/aromatic N) is 4. The SMILES string of the molecule is COc1cnc(N2CCN(C(C)C(=O)NC(C)C)CC2)nc1. The third kappa shape index (κ3) is 4.07. The zero-order valence-electron chi connectivity index (χ0n) is 13.7. The number of piperazine rings is 1. The maximum Gasteiger partial charge on any atom is 0.237 e. The molecule has 0 bridgehead atoms. The highest BCUT2D eigenvalue weighted by Gasteiger charge is 2.26. The predicted octanol–water partition coefficient (Wildman–Crippen LogP) is 0.520. The number of ether oxygens (including phenoxy) is 1. The van der Waals surface area contributed by atoms with Crippen LogP contribution in [0.3, 0.4) is 0 Å². The molecule has 122 valence electrons. The van der Waals surface area contributed by atoms with Gasteiger partial charge in [-0.2, -0.15) is 0 Å². The smallest absolute Gasteiger partial charge is 0.237 e. The van der Waals surface area contributed by atoms with E-state index in [2.05, 4.69) is 25.1 Å². The van der Waals surface area contributed by atoms with Gasteiger partial charge >= 0.3 is 0 Å². The van der Waals surface area contributed by atoms with E-state index in [4.69, 9.17) is 4.74 Å². The number of carbonyl (C=O) groups excluding carboxylic acids is 1. The minimum Gasteiger partial charge on any atom is -0.494 e. The monoisotopic (exact) mass is 307 g/mol. The molecule has 0 saturated carbocycles. The fraction of sp³-hybridized carbons (Fsp3) is 0.667. The minimum atomic E-state index is -0.110. The molecular formula is C15H25N5O2. The van der Waals surface area contributed by atoms with E-state index in [0.717, 1.165) is 26.2 Å². The maximum atomic E-state index is 12.1. The molecular weight excluding hydrogens is 282 g/mol. The zero-order chi connectivity index (χ0) is 16.1. The maximum absolute atomic E-state index is 12.1. The molecule has 1 aliphatic rings. The van der Waals surface area contributed by atoms with E-state index < -0.39 is 0 Å². The van der Waals surface area contributed by atoms with E-state index >= 15 is 0 Å². The highest BCUT2D eigenvalue weighted by Crippen LogP contribution is 2.15. The number of hydrogen-bond acceptors (Lipinski definition) is 6. The van der Waals surface area contributed by atoms with Crippen molar-refractivity contribution in [2.24, 2.45) is 0 Å². The van der Waals surface area contributed by atoms with Crippen LogP contribution in [0.5, 0.6) is 5.75 Å². The van der Waals surface area contributed by atoms with Crippen LogP contribution >= 0.6 is 0 Å². The molecule has 0 aliphatic carbocycles. The number of amides is 1. The Hall–Kier alpha value is -1.89. The fourth-order valence-electron chi connectivity index (χ4n) is 2.46. The average molecular weight is 307 g/mol. The molecule has 1 atom stereocenters. The molecule has 0 spiro atoms. The van der Waals surface area contributed by atoms with Gasteiger partial charge in [-0.05, 0) is 20.8 Å². The summed E-state index contributed by atoms with van der Waals surface area (Å²) in [5, 5.41) is 2.96. The summed E-state index contributed by atoms with van der Waals surface area (Å²) in [6.45, 7) is 9.17. The van der Waals surface area contributed by atoms with Crippen LogP contribution in [-0.2, 0) is 4.79 Å². The number of nitrogens with one attached hydrogen (secondary N) is 1. The molecule has 22 heavy (non-hydrogen) atoms. The molecule has 2 heterocycles. The molecule has 2 rings (SSSR count). The lowest BCUT2D eigenvalue weighted by Crippen LogP contribution is -2.54. The number of aromatic nitrogens is 2. The average Bonchev–Trinajstić information content (AvgIpc) is 2.54. The molecule has 0 radical (unpaired) electrons. The molecule has 1 aromatic rings. The van der Waals surface area contributed by atoms with Crippen molar-refractivity contribution in [1.29, 1.82) is 0 Å². The van der Waals surface area contributed by atoms with Gasteiger partial charge in [-0.3, -0.25) is 9.69 Å². The lowest BCUT2D eigenvalue weighted by atomic mass is 10.2. The van der Waals surface area contributed by atoms with E-state index in [-0.39, 0.29) is 18.0 Å². The third-order valence-corrected chi connectivity index (χ3v) is 3.81. The van der Waals surface area contributed by atoms with Crippen LogP contribution in [-0.4, -0.2) is 66.1 Å². The van der Waals surface area contributed by atoms with Gasteiger partial charge in [0.15, 0.2) is 5.75 Å².